The highest BCUT2D eigenvalue weighted by Gasteiger charge is 2.20. The van der Waals surface area contributed by atoms with Crippen molar-refractivity contribution < 1.29 is 9.84 Å². The molecule has 1 unspecified atom stereocenters. The van der Waals surface area contributed by atoms with Gasteiger partial charge in [0.2, 0.25) is 5.88 Å². The fourth-order valence-corrected chi connectivity index (χ4v) is 1.42. The van der Waals surface area contributed by atoms with Crippen molar-refractivity contribution in [1.29, 1.82) is 0 Å². The molecule has 0 saturated heterocycles. The molecular weight excluding hydrogens is 182 g/mol. The minimum Gasteiger partial charge on any atom is -0.480 e. The number of nitrogens with zero attached hydrogens (tertiary/aromatic N) is 2. The van der Waals surface area contributed by atoms with Crippen molar-refractivity contribution in [2.75, 3.05) is 20.7 Å². The SMILES string of the molecule is CNCC(O)c1c(OC)nn(C)c1C. The summed E-state index contributed by atoms with van der Waals surface area (Å²) < 4.78 is 6.80. The van der Waals surface area contributed by atoms with Crippen LogP contribution in [0.5, 0.6) is 5.88 Å². The zero-order chi connectivity index (χ0) is 10.7. The lowest BCUT2D eigenvalue weighted by molar-refractivity contribution is 0.172. The largest absolute Gasteiger partial charge is 0.480 e. The van der Waals surface area contributed by atoms with Crippen LogP contribution in [-0.2, 0) is 7.05 Å². The third-order valence-electron chi connectivity index (χ3n) is 2.27. The van der Waals surface area contributed by atoms with Gasteiger partial charge in [-0.3, -0.25) is 4.68 Å². The minimum atomic E-state index is -0.580. The molecule has 1 aromatic rings. The van der Waals surface area contributed by atoms with E-state index in [1.165, 1.54) is 0 Å². The number of ether oxygens (including phenoxy) is 1. The average molecular weight is 199 g/mol. The molecule has 0 bridgehead atoms. The van der Waals surface area contributed by atoms with Gasteiger partial charge in [-0.15, -0.1) is 5.10 Å². The molecule has 0 aliphatic rings. The maximum Gasteiger partial charge on any atom is 0.238 e. The lowest BCUT2D eigenvalue weighted by atomic mass is 10.1. The molecule has 0 aliphatic carbocycles. The Morgan fingerprint density at radius 3 is 2.79 bits per heavy atom. The van der Waals surface area contributed by atoms with Crippen LogP contribution in [0.25, 0.3) is 0 Å². The fourth-order valence-electron chi connectivity index (χ4n) is 1.42. The fraction of sp³-hybridized carbons (Fsp3) is 0.667. The first-order valence-electron chi connectivity index (χ1n) is 4.52. The van der Waals surface area contributed by atoms with Crippen molar-refractivity contribution in [2.45, 2.75) is 13.0 Å². The van der Waals surface area contributed by atoms with Crippen LogP contribution in [0.15, 0.2) is 0 Å². The number of likely N-dealkylation sites (N-methyl/N-ethyl adjacent to an activating group) is 1. The molecule has 0 fully saturated rings. The second kappa shape index (κ2) is 4.43. The molecule has 2 N–H and O–H groups in total. The molecule has 5 heteroatoms. The maximum absolute atomic E-state index is 9.83. The van der Waals surface area contributed by atoms with E-state index in [4.69, 9.17) is 4.74 Å². The van der Waals surface area contributed by atoms with Crippen LogP contribution in [0.2, 0.25) is 0 Å². The number of aryl methyl sites for hydroxylation is 1. The van der Waals surface area contributed by atoms with Crippen LogP contribution in [0.1, 0.15) is 17.4 Å². The van der Waals surface area contributed by atoms with Gasteiger partial charge in [0.25, 0.3) is 0 Å². The van der Waals surface area contributed by atoms with Crippen molar-refractivity contribution in [2.24, 2.45) is 7.05 Å². The van der Waals surface area contributed by atoms with E-state index in [1.807, 2.05) is 14.0 Å². The maximum atomic E-state index is 9.83. The van der Waals surface area contributed by atoms with Crippen LogP contribution < -0.4 is 10.1 Å². The number of hydrogen-bond acceptors (Lipinski definition) is 4. The second-order valence-electron chi connectivity index (χ2n) is 3.21. The standard InChI is InChI=1S/C9H17N3O2/c1-6-8(7(13)5-10-2)9(14-4)11-12(6)3/h7,10,13H,5H2,1-4H3. The topological polar surface area (TPSA) is 59.3 Å². The lowest BCUT2D eigenvalue weighted by Gasteiger charge is -2.10. The summed E-state index contributed by atoms with van der Waals surface area (Å²) in [5.41, 5.74) is 1.67. The zero-order valence-corrected chi connectivity index (χ0v) is 9.03. The highest BCUT2D eigenvalue weighted by atomic mass is 16.5. The van der Waals surface area contributed by atoms with E-state index < -0.39 is 6.10 Å². The molecule has 1 aromatic heterocycles. The molecule has 1 atom stereocenters. The van der Waals surface area contributed by atoms with E-state index in [2.05, 4.69) is 10.4 Å². The number of aromatic nitrogens is 2. The summed E-state index contributed by atoms with van der Waals surface area (Å²) in [5, 5.41) is 16.9. The second-order valence-corrected chi connectivity index (χ2v) is 3.21. The number of hydrogen-bond donors (Lipinski definition) is 2. The van der Waals surface area contributed by atoms with Crippen molar-refractivity contribution in [3.63, 3.8) is 0 Å². The Hall–Kier alpha value is -1.07. The molecule has 80 valence electrons. The number of nitrogens with one attached hydrogen (secondary N) is 1. The van der Waals surface area contributed by atoms with E-state index in [9.17, 15) is 5.11 Å². The molecule has 0 saturated carbocycles. The van der Waals surface area contributed by atoms with Gasteiger partial charge < -0.3 is 15.2 Å². The van der Waals surface area contributed by atoms with E-state index >= 15 is 0 Å². The van der Waals surface area contributed by atoms with Crippen molar-refractivity contribution in [3.8, 4) is 5.88 Å². The van der Waals surface area contributed by atoms with E-state index in [0.717, 1.165) is 11.3 Å². The first-order valence-corrected chi connectivity index (χ1v) is 4.52. The monoisotopic (exact) mass is 199 g/mol. The smallest absolute Gasteiger partial charge is 0.238 e. The Morgan fingerprint density at radius 1 is 1.64 bits per heavy atom. The predicted molar refractivity (Wildman–Crippen MR) is 53.4 cm³/mol. The molecule has 0 spiro atoms. The molecule has 5 nitrogen and oxygen atoms in total. The normalized spacial score (nSPS) is 12.9. The first kappa shape index (κ1) is 11.0. The van der Waals surface area contributed by atoms with Gasteiger partial charge in [-0.05, 0) is 14.0 Å². The van der Waals surface area contributed by atoms with Crippen LogP contribution in [0.4, 0.5) is 0 Å². The predicted octanol–water partition coefficient (Wildman–Crippen LogP) is -0.0101. The van der Waals surface area contributed by atoms with Crippen LogP contribution in [0.3, 0.4) is 0 Å². The number of aliphatic hydroxyl groups is 1. The molecule has 0 amide bonds. The molecule has 14 heavy (non-hydrogen) atoms. The molecular formula is C9H17N3O2. The van der Waals surface area contributed by atoms with Crippen LogP contribution in [0, 0.1) is 6.92 Å². The van der Waals surface area contributed by atoms with Gasteiger partial charge in [0.05, 0.1) is 18.8 Å². The van der Waals surface area contributed by atoms with Gasteiger partial charge in [0.15, 0.2) is 0 Å². The number of methoxy groups -OCH3 is 1. The summed E-state index contributed by atoms with van der Waals surface area (Å²) in [6.45, 7) is 2.40. The minimum absolute atomic E-state index is 0.489. The summed E-state index contributed by atoms with van der Waals surface area (Å²) in [5.74, 6) is 0.493. The van der Waals surface area contributed by atoms with Crippen molar-refractivity contribution in [3.05, 3.63) is 11.3 Å². The van der Waals surface area contributed by atoms with Gasteiger partial charge >= 0.3 is 0 Å². The summed E-state index contributed by atoms with van der Waals surface area (Å²) in [6.07, 6.45) is -0.580. The van der Waals surface area contributed by atoms with Crippen molar-refractivity contribution in [1.82, 2.24) is 15.1 Å². The van der Waals surface area contributed by atoms with Crippen LogP contribution >= 0.6 is 0 Å². The average Bonchev–Trinajstić information content (AvgIpc) is 2.43. The molecule has 0 aromatic carbocycles. The summed E-state index contributed by atoms with van der Waals surface area (Å²) >= 11 is 0. The molecule has 1 heterocycles. The van der Waals surface area contributed by atoms with Gasteiger partial charge in [-0.2, -0.15) is 0 Å². The number of rotatable bonds is 4. The zero-order valence-electron chi connectivity index (χ0n) is 9.03. The lowest BCUT2D eigenvalue weighted by Crippen LogP contribution is -2.17. The summed E-state index contributed by atoms with van der Waals surface area (Å²) in [7, 11) is 5.17. The third kappa shape index (κ3) is 1.88. The number of aliphatic hydroxyl groups excluding tert-OH is 1. The summed E-state index contributed by atoms with van der Waals surface area (Å²) in [4.78, 5) is 0. The molecule has 0 radical (unpaired) electrons. The van der Waals surface area contributed by atoms with E-state index in [-0.39, 0.29) is 0 Å². The third-order valence-corrected chi connectivity index (χ3v) is 2.27. The highest BCUT2D eigenvalue weighted by molar-refractivity contribution is 5.33. The first-order chi connectivity index (χ1) is 6.61. The van der Waals surface area contributed by atoms with Gasteiger partial charge in [-0.25, -0.2) is 0 Å². The van der Waals surface area contributed by atoms with Gasteiger partial charge in [0, 0.05) is 19.3 Å². The van der Waals surface area contributed by atoms with Gasteiger partial charge in [-0.1, -0.05) is 0 Å². The highest BCUT2D eigenvalue weighted by Crippen LogP contribution is 2.26. The van der Waals surface area contributed by atoms with Crippen LogP contribution in [-0.4, -0.2) is 35.6 Å². The summed E-state index contributed by atoms with van der Waals surface area (Å²) in [6, 6.07) is 0. The quantitative estimate of drug-likeness (QED) is 0.716. The molecule has 0 aliphatic heterocycles. The van der Waals surface area contributed by atoms with E-state index in [1.54, 1.807) is 18.8 Å². The Bertz CT molecular complexity index is 309. The van der Waals surface area contributed by atoms with Gasteiger partial charge in [0.1, 0.15) is 0 Å². The Morgan fingerprint density at radius 2 is 2.29 bits per heavy atom. The Kier molecular flexibility index (Phi) is 3.49. The van der Waals surface area contributed by atoms with E-state index in [0.29, 0.717) is 12.4 Å². The van der Waals surface area contributed by atoms with Crippen molar-refractivity contribution >= 4 is 0 Å². The molecule has 1 rings (SSSR count). The Labute approximate surface area is 83.7 Å². The Balaban J connectivity index is 3.04.